The van der Waals surface area contributed by atoms with Crippen LogP contribution < -0.4 is 0 Å². The first kappa shape index (κ1) is 16.5. The first-order valence-electron chi connectivity index (χ1n) is 7.76. The number of aryl methyl sites for hydroxylation is 1. The Hall–Kier alpha value is -2.40. The molecule has 1 heterocycles. The number of nitrogens with zero attached hydrogens (tertiary/aromatic N) is 3. The van der Waals surface area contributed by atoms with E-state index in [1.54, 1.807) is 11.2 Å². The summed E-state index contributed by atoms with van der Waals surface area (Å²) in [6.07, 6.45) is 1.55. The molecule has 0 unspecified atom stereocenters. The van der Waals surface area contributed by atoms with E-state index < -0.39 is 0 Å². The van der Waals surface area contributed by atoms with Gasteiger partial charge in [-0.1, -0.05) is 54.2 Å². The van der Waals surface area contributed by atoms with Crippen molar-refractivity contribution >= 4 is 28.6 Å². The maximum atomic E-state index is 12.4. The highest BCUT2D eigenvalue weighted by Gasteiger charge is 2.12. The third-order valence-electron chi connectivity index (χ3n) is 3.93. The Morgan fingerprint density at radius 3 is 2.67 bits per heavy atom. The van der Waals surface area contributed by atoms with Gasteiger partial charge in [-0.15, -0.1) is 0 Å². The number of aromatic nitrogens is 2. The molecule has 0 aliphatic rings. The highest BCUT2D eigenvalue weighted by atomic mass is 32.2. The van der Waals surface area contributed by atoms with Gasteiger partial charge in [0.15, 0.2) is 0 Å². The average Bonchev–Trinajstić information content (AvgIpc) is 2.61. The van der Waals surface area contributed by atoms with Crippen LogP contribution in [-0.4, -0.2) is 33.6 Å². The number of hydrogen-bond acceptors (Lipinski definition) is 4. The van der Waals surface area contributed by atoms with Crippen LogP contribution in [0.15, 0.2) is 59.9 Å². The van der Waals surface area contributed by atoms with Gasteiger partial charge in [-0.2, -0.15) is 0 Å². The van der Waals surface area contributed by atoms with Crippen LogP contribution in [0.5, 0.6) is 0 Å². The highest BCUT2D eigenvalue weighted by molar-refractivity contribution is 8.00. The highest BCUT2D eigenvalue weighted by Crippen LogP contribution is 2.24. The number of rotatable bonds is 5. The van der Waals surface area contributed by atoms with Gasteiger partial charge < -0.3 is 4.90 Å². The van der Waals surface area contributed by atoms with Crippen molar-refractivity contribution in [3.05, 3.63) is 66.0 Å². The van der Waals surface area contributed by atoms with Crippen LogP contribution in [0, 0.1) is 6.92 Å². The van der Waals surface area contributed by atoms with Gasteiger partial charge in [-0.05, 0) is 24.1 Å². The maximum Gasteiger partial charge on any atom is 0.233 e. The molecule has 0 saturated heterocycles. The standard InChI is InChI=1S/C19H19N3OS/c1-14-7-3-4-8-15(14)11-22(2)18(23)12-24-19-16-9-5-6-10-17(16)20-13-21-19/h3-10,13H,11-12H2,1-2H3. The minimum Gasteiger partial charge on any atom is -0.341 e. The van der Waals surface area contributed by atoms with Crippen molar-refractivity contribution < 1.29 is 4.79 Å². The molecule has 4 nitrogen and oxygen atoms in total. The zero-order chi connectivity index (χ0) is 16.9. The smallest absolute Gasteiger partial charge is 0.233 e. The summed E-state index contributed by atoms with van der Waals surface area (Å²) < 4.78 is 0. The zero-order valence-corrected chi connectivity index (χ0v) is 14.6. The molecule has 0 aliphatic heterocycles. The third-order valence-corrected chi connectivity index (χ3v) is 4.92. The molecule has 0 saturated carbocycles. The number of para-hydroxylation sites is 1. The minimum atomic E-state index is 0.0888. The summed E-state index contributed by atoms with van der Waals surface area (Å²) in [5, 5.41) is 1.83. The molecular formula is C19H19N3OS. The lowest BCUT2D eigenvalue weighted by molar-refractivity contribution is -0.127. The van der Waals surface area contributed by atoms with Crippen LogP contribution in [-0.2, 0) is 11.3 Å². The van der Waals surface area contributed by atoms with Crippen molar-refractivity contribution in [2.75, 3.05) is 12.8 Å². The van der Waals surface area contributed by atoms with E-state index in [9.17, 15) is 4.79 Å². The summed E-state index contributed by atoms with van der Waals surface area (Å²) in [6, 6.07) is 16.0. The molecule has 0 fully saturated rings. The first-order chi connectivity index (χ1) is 11.6. The number of hydrogen-bond donors (Lipinski definition) is 0. The lowest BCUT2D eigenvalue weighted by atomic mass is 10.1. The van der Waals surface area contributed by atoms with Crippen LogP contribution in [0.25, 0.3) is 10.9 Å². The SMILES string of the molecule is Cc1ccccc1CN(C)C(=O)CSc1ncnc2ccccc12. The number of carbonyl (C=O) groups is 1. The Labute approximate surface area is 145 Å². The molecule has 0 spiro atoms. The Bertz CT molecular complexity index is 861. The van der Waals surface area contributed by atoms with Gasteiger partial charge in [0.1, 0.15) is 11.4 Å². The van der Waals surface area contributed by atoms with Crippen molar-refractivity contribution in [3.63, 3.8) is 0 Å². The van der Waals surface area contributed by atoms with Crippen LogP contribution >= 0.6 is 11.8 Å². The predicted molar refractivity (Wildman–Crippen MR) is 97.9 cm³/mol. The van der Waals surface area contributed by atoms with Gasteiger partial charge in [0, 0.05) is 19.0 Å². The first-order valence-corrected chi connectivity index (χ1v) is 8.74. The second-order valence-corrected chi connectivity index (χ2v) is 6.62. The molecule has 0 atom stereocenters. The van der Waals surface area contributed by atoms with Gasteiger partial charge in [0.05, 0.1) is 11.3 Å². The van der Waals surface area contributed by atoms with Crippen LogP contribution in [0.4, 0.5) is 0 Å². The van der Waals surface area contributed by atoms with Crippen molar-refractivity contribution in [2.45, 2.75) is 18.5 Å². The number of thioether (sulfide) groups is 1. The number of amides is 1. The van der Waals surface area contributed by atoms with Gasteiger partial charge in [0.25, 0.3) is 0 Å². The summed E-state index contributed by atoms with van der Waals surface area (Å²) in [6.45, 7) is 2.69. The average molecular weight is 337 g/mol. The lowest BCUT2D eigenvalue weighted by Crippen LogP contribution is -2.28. The van der Waals surface area contributed by atoms with Crippen LogP contribution in [0.3, 0.4) is 0 Å². The van der Waals surface area contributed by atoms with E-state index in [1.807, 2.05) is 43.4 Å². The second kappa shape index (κ2) is 7.45. The molecule has 0 bridgehead atoms. The van der Waals surface area contributed by atoms with Crippen molar-refractivity contribution in [1.29, 1.82) is 0 Å². The summed E-state index contributed by atoms with van der Waals surface area (Å²) >= 11 is 1.46. The molecule has 1 amide bonds. The molecule has 0 aliphatic carbocycles. The normalized spacial score (nSPS) is 10.8. The molecule has 5 heteroatoms. The topological polar surface area (TPSA) is 46.1 Å². The van der Waals surface area contributed by atoms with Gasteiger partial charge in [-0.3, -0.25) is 4.79 Å². The van der Waals surface area contributed by atoms with E-state index in [1.165, 1.54) is 22.9 Å². The van der Waals surface area contributed by atoms with Crippen molar-refractivity contribution in [2.24, 2.45) is 0 Å². The molecule has 0 radical (unpaired) electrons. The summed E-state index contributed by atoms with van der Waals surface area (Å²) in [7, 11) is 1.84. The van der Waals surface area contributed by atoms with E-state index in [0.717, 1.165) is 15.9 Å². The molecule has 3 aromatic rings. The monoisotopic (exact) mass is 337 g/mol. The molecule has 0 N–H and O–H groups in total. The lowest BCUT2D eigenvalue weighted by Gasteiger charge is -2.18. The number of benzene rings is 2. The molecular weight excluding hydrogens is 318 g/mol. The fourth-order valence-corrected chi connectivity index (χ4v) is 3.40. The Morgan fingerprint density at radius 1 is 1.08 bits per heavy atom. The molecule has 3 rings (SSSR count). The molecule has 24 heavy (non-hydrogen) atoms. The molecule has 1 aromatic heterocycles. The largest absolute Gasteiger partial charge is 0.341 e. The Balaban J connectivity index is 1.65. The molecule has 2 aromatic carbocycles. The number of fused-ring (bicyclic) bond motifs is 1. The van der Waals surface area contributed by atoms with Crippen LogP contribution in [0.1, 0.15) is 11.1 Å². The third kappa shape index (κ3) is 3.74. The summed E-state index contributed by atoms with van der Waals surface area (Å²) in [4.78, 5) is 22.8. The maximum absolute atomic E-state index is 12.4. The predicted octanol–water partition coefficient (Wildman–Crippen LogP) is 3.69. The van der Waals surface area contributed by atoms with E-state index in [4.69, 9.17) is 0 Å². The minimum absolute atomic E-state index is 0.0888. The van der Waals surface area contributed by atoms with E-state index >= 15 is 0 Å². The van der Waals surface area contributed by atoms with Gasteiger partial charge in [-0.25, -0.2) is 9.97 Å². The van der Waals surface area contributed by atoms with Gasteiger partial charge >= 0.3 is 0 Å². The van der Waals surface area contributed by atoms with E-state index in [2.05, 4.69) is 29.0 Å². The van der Waals surface area contributed by atoms with Crippen molar-refractivity contribution in [1.82, 2.24) is 14.9 Å². The summed E-state index contributed by atoms with van der Waals surface area (Å²) in [5.74, 6) is 0.453. The van der Waals surface area contributed by atoms with E-state index in [0.29, 0.717) is 12.3 Å². The van der Waals surface area contributed by atoms with E-state index in [-0.39, 0.29) is 5.91 Å². The Morgan fingerprint density at radius 2 is 1.83 bits per heavy atom. The Kier molecular flexibility index (Phi) is 5.11. The summed E-state index contributed by atoms with van der Waals surface area (Å²) in [5.41, 5.74) is 3.27. The number of carbonyl (C=O) groups excluding carboxylic acids is 1. The molecule has 122 valence electrons. The fraction of sp³-hybridized carbons (Fsp3) is 0.211. The van der Waals surface area contributed by atoms with Crippen LogP contribution in [0.2, 0.25) is 0 Å². The van der Waals surface area contributed by atoms with Gasteiger partial charge in [0.2, 0.25) is 5.91 Å². The fourth-order valence-electron chi connectivity index (χ4n) is 2.47. The second-order valence-electron chi connectivity index (χ2n) is 5.66. The quantitative estimate of drug-likeness (QED) is 0.526. The zero-order valence-electron chi connectivity index (χ0n) is 13.8. The van der Waals surface area contributed by atoms with Crippen molar-refractivity contribution in [3.8, 4) is 0 Å².